The lowest BCUT2D eigenvalue weighted by molar-refractivity contribution is 0.492. The van der Waals surface area contributed by atoms with Gasteiger partial charge in [0, 0.05) is 18.3 Å². The first kappa shape index (κ1) is 12.2. The van der Waals surface area contributed by atoms with Gasteiger partial charge in [-0.15, -0.1) is 0 Å². The van der Waals surface area contributed by atoms with Crippen molar-refractivity contribution < 1.29 is 0 Å². The third-order valence-electron chi connectivity index (χ3n) is 2.50. The Balaban J connectivity index is 3.31. The molecule has 0 radical (unpaired) electrons. The SMILES string of the molecule is CCn1cc(C(C)(C)C)c(C(C)(C)N)n1. The highest BCUT2D eigenvalue weighted by molar-refractivity contribution is 5.30. The third kappa shape index (κ3) is 2.59. The van der Waals surface area contributed by atoms with Crippen LogP contribution in [0, 0.1) is 0 Å². The minimum atomic E-state index is -0.372. The van der Waals surface area contributed by atoms with Crippen LogP contribution in [-0.2, 0) is 17.5 Å². The van der Waals surface area contributed by atoms with Crippen LogP contribution in [0.5, 0.6) is 0 Å². The number of hydrogen-bond acceptors (Lipinski definition) is 2. The van der Waals surface area contributed by atoms with Gasteiger partial charge < -0.3 is 5.73 Å². The van der Waals surface area contributed by atoms with Gasteiger partial charge >= 0.3 is 0 Å². The van der Waals surface area contributed by atoms with Crippen LogP contribution in [0.4, 0.5) is 0 Å². The summed E-state index contributed by atoms with van der Waals surface area (Å²) in [6.07, 6.45) is 2.12. The Morgan fingerprint density at radius 3 is 2.07 bits per heavy atom. The molecule has 1 rings (SSSR count). The molecular formula is C12H23N3. The van der Waals surface area contributed by atoms with Gasteiger partial charge in [-0.25, -0.2) is 0 Å². The molecule has 86 valence electrons. The summed E-state index contributed by atoms with van der Waals surface area (Å²) in [4.78, 5) is 0. The van der Waals surface area contributed by atoms with Crippen molar-refractivity contribution in [3.05, 3.63) is 17.5 Å². The van der Waals surface area contributed by atoms with Crippen LogP contribution < -0.4 is 5.73 Å². The van der Waals surface area contributed by atoms with E-state index in [-0.39, 0.29) is 11.0 Å². The first-order chi connectivity index (χ1) is 6.66. The van der Waals surface area contributed by atoms with Gasteiger partial charge in [-0.3, -0.25) is 4.68 Å². The predicted molar refractivity (Wildman–Crippen MR) is 63.8 cm³/mol. The maximum Gasteiger partial charge on any atom is 0.0854 e. The van der Waals surface area contributed by atoms with Gasteiger partial charge in [0.15, 0.2) is 0 Å². The Morgan fingerprint density at radius 2 is 1.80 bits per heavy atom. The van der Waals surface area contributed by atoms with Crippen molar-refractivity contribution in [3.8, 4) is 0 Å². The van der Waals surface area contributed by atoms with E-state index in [4.69, 9.17) is 5.73 Å². The average molecular weight is 209 g/mol. The van der Waals surface area contributed by atoms with Gasteiger partial charge in [-0.05, 0) is 26.2 Å². The zero-order valence-corrected chi connectivity index (χ0v) is 10.8. The van der Waals surface area contributed by atoms with E-state index in [1.54, 1.807) is 0 Å². The Bertz CT molecular complexity index is 305. The van der Waals surface area contributed by atoms with Crippen molar-refractivity contribution in [1.29, 1.82) is 0 Å². The quantitative estimate of drug-likeness (QED) is 0.812. The molecule has 0 amide bonds. The largest absolute Gasteiger partial charge is 0.321 e. The predicted octanol–water partition coefficient (Wildman–Crippen LogP) is 2.39. The van der Waals surface area contributed by atoms with Crippen LogP contribution in [0.1, 0.15) is 52.8 Å². The lowest BCUT2D eigenvalue weighted by atomic mass is 9.83. The normalized spacial score (nSPS) is 13.3. The molecule has 0 spiro atoms. The van der Waals surface area contributed by atoms with E-state index in [1.807, 2.05) is 18.5 Å². The zero-order chi connectivity index (χ0) is 11.9. The van der Waals surface area contributed by atoms with Crippen LogP contribution in [0.15, 0.2) is 6.20 Å². The molecule has 0 aliphatic heterocycles. The summed E-state index contributed by atoms with van der Waals surface area (Å²) in [5.41, 5.74) is 8.13. The lowest BCUT2D eigenvalue weighted by Crippen LogP contribution is -2.32. The van der Waals surface area contributed by atoms with Gasteiger partial charge in [0.2, 0.25) is 0 Å². The zero-order valence-electron chi connectivity index (χ0n) is 10.8. The van der Waals surface area contributed by atoms with Crippen LogP contribution in [0.2, 0.25) is 0 Å². The molecule has 0 aliphatic carbocycles. The molecule has 1 heterocycles. The minimum absolute atomic E-state index is 0.0966. The highest BCUT2D eigenvalue weighted by atomic mass is 15.3. The van der Waals surface area contributed by atoms with Crippen molar-refractivity contribution in [1.82, 2.24) is 9.78 Å². The Labute approximate surface area is 92.7 Å². The summed E-state index contributed by atoms with van der Waals surface area (Å²) in [6, 6.07) is 0. The van der Waals surface area contributed by atoms with E-state index in [1.165, 1.54) is 5.56 Å². The van der Waals surface area contributed by atoms with Gasteiger partial charge in [0.05, 0.1) is 11.2 Å². The fourth-order valence-electron chi connectivity index (χ4n) is 1.61. The van der Waals surface area contributed by atoms with E-state index >= 15 is 0 Å². The number of nitrogens with zero attached hydrogens (tertiary/aromatic N) is 2. The molecule has 0 aromatic carbocycles. The number of hydrogen-bond donors (Lipinski definition) is 1. The maximum atomic E-state index is 6.15. The smallest absolute Gasteiger partial charge is 0.0854 e. The highest BCUT2D eigenvalue weighted by Crippen LogP contribution is 2.30. The first-order valence-corrected chi connectivity index (χ1v) is 5.53. The molecule has 0 aliphatic rings. The van der Waals surface area contributed by atoms with E-state index in [9.17, 15) is 0 Å². The van der Waals surface area contributed by atoms with E-state index in [0.717, 1.165) is 12.2 Å². The maximum absolute atomic E-state index is 6.15. The molecular weight excluding hydrogens is 186 g/mol. The summed E-state index contributed by atoms with van der Waals surface area (Å²) < 4.78 is 1.96. The number of aryl methyl sites for hydroxylation is 1. The molecule has 2 N–H and O–H groups in total. The van der Waals surface area contributed by atoms with Crippen LogP contribution in [0.25, 0.3) is 0 Å². The third-order valence-corrected chi connectivity index (χ3v) is 2.50. The van der Waals surface area contributed by atoms with Gasteiger partial charge in [-0.1, -0.05) is 20.8 Å². The van der Waals surface area contributed by atoms with E-state index < -0.39 is 0 Å². The number of rotatable bonds is 2. The minimum Gasteiger partial charge on any atom is -0.321 e. The topological polar surface area (TPSA) is 43.8 Å². The second kappa shape index (κ2) is 3.63. The number of nitrogens with two attached hydrogens (primary N) is 1. The van der Waals surface area contributed by atoms with Crippen LogP contribution >= 0.6 is 0 Å². The summed E-state index contributed by atoms with van der Waals surface area (Å²) in [5, 5.41) is 4.56. The number of aromatic nitrogens is 2. The van der Waals surface area contributed by atoms with Crippen molar-refractivity contribution in [2.45, 2.75) is 59.0 Å². The van der Waals surface area contributed by atoms with Crippen LogP contribution in [-0.4, -0.2) is 9.78 Å². The van der Waals surface area contributed by atoms with Crippen molar-refractivity contribution >= 4 is 0 Å². The molecule has 0 saturated carbocycles. The molecule has 15 heavy (non-hydrogen) atoms. The molecule has 0 saturated heterocycles. The Hall–Kier alpha value is -0.830. The molecule has 3 heteroatoms. The van der Waals surface area contributed by atoms with Crippen molar-refractivity contribution in [3.63, 3.8) is 0 Å². The Morgan fingerprint density at radius 1 is 1.27 bits per heavy atom. The van der Waals surface area contributed by atoms with Crippen molar-refractivity contribution in [2.75, 3.05) is 0 Å². The summed E-state index contributed by atoms with van der Waals surface area (Å²) >= 11 is 0. The fraction of sp³-hybridized carbons (Fsp3) is 0.750. The van der Waals surface area contributed by atoms with Gasteiger partial charge in [0.1, 0.15) is 0 Å². The average Bonchev–Trinajstić information content (AvgIpc) is 2.44. The molecule has 0 atom stereocenters. The van der Waals surface area contributed by atoms with Crippen molar-refractivity contribution in [2.24, 2.45) is 5.73 Å². The summed E-state index contributed by atoms with van der Waals surface area (Å²) in [6.45, 7) is 13.6. The molecule has 0 bridgehead atoms. The fourth-order valence-corrected chi connectivity index (χ4v) is 1.61. The monoisotopic (exact) mass is 209 g/mol. The van der Waals surface area contributed by atoms with Gasteiger partial charge in [0.25, 0.3) is 0 Å². The standard InChI is InChI=1S/C12H23N3/c1-7-15-8-9(11(2,3)4)10(14-15)12(5,6)13/h8H,7,13H2,1-6H3. The summed E-state index contributed by atoms with van der Waals surface area (Å²) in [5.74, 6) is 0. The Kier molecular flexibility index (Phi) is 2.97. The molecule has 0 fully saturated rings. The molecule has 0 unspecified atom stereocenters. The first-order valence-electron chi connectivity index (χ1n) is 5.53. The second-order valence-electron chi connectivity index (χ2n) is 5.72. The summed E-state index contributed by atoms with van der Waals surface area (Å²) in [7, 11) is 0. The highest BCUT2D eigenvalue weighted by Gasteiger charge is 2.28. The van der Waals surface area contributed by atoms with Gasteiger partial charge in [-0.2, -0.15) is 5.10 Å². The lowest BCUT2D eigenvalue weighted by Gasteiger charge is -2.24. The van der Waals surface area contributed by atoms with E-state index in [2.05, 4.69) is 39.0 Å². The molecule has 1 aromatic rings. The van der Waals surface area contributed by atoms with Crippen LogP contribution in [0.3, 0.4) is 0 Å². The molecule has 3 nitrogen and oxygen atoms in total. The van der Waals surface area contributed by atoms with E-state index in [0.29, 0.717) is 0 Å². The molecule has 1 aromatic heterocycles. The second-order valence-corrected chi connectivity index (χ2v) is 5.72.